The third kappa shape index (κ3) is 3.62. The van der Waals surface area contributed by atoms with Gasteiger partial charge in [-0.15, -0.1) is 0 Å². The molecule has 0 aliphatic carbocycles. The van der Waals surface area contributed by atoms with Crippen molar-refractivity contribution in [1.29, 1.82) is 0 Å². The molecule has 6 nitrogen and oxygen atoms in total. The van der Waals surface area contributed by atoms with E-state index in [0.717, 1.165) is 11.1 Å². The van der Waals surface area contributed by atoms with Gasteiger partial charge in [-0.05, 0) is 17.5 Å². The van der Waals surface area contributed by atoms with Crippen LogP contribution in [0.3, 0.4) is 0 Å². The van der Waals surface area contributed by atoms with Crippen LogP contribution >= 0.6 is 0 Å². The molecule has 0 heterocycles. The summed E-state index contributed by atoms with van der Waals surface area (Å²) in [6.07, 6.45) is 0.612. The van der Waals surface area contributed by atoms with E-state index in [1.165, 1.54) is 0 Å². The van der Waals surface area contributed by atoms with E-state index in [4.69, 9.17) is 22.9 Å². The summed E-state index contributed by atoms with van der Waals surface area (Å²) < 4.78 is 0. The summed E-state index contributed by atoms with van der Waals surface area (Å²) in [5.74, 6) is 0.324. The van der Waals surface area contributed by atoms with Crippen molar-refractivity contribution in [1.82, 2.24) is 0 Å². The molecule has 6 heteroatoms. The second-order valence-electron chi connectivity index (χ2n) is 5.52. The van der Waals surface area contributed by atoms with Crippen LogP contribution in [0.2, 0.25) is 0 Å². The SMILES string of the molecule is NCc1cc(Cc2cc(CN)c(O)c(CN)c2)cc(CN)c1O. The molecular weight excluding hydrogens is 292 g/mol. The Kier molecular flexibility index (Phi) is 5.57. The number of phenolic OH excluding ortho intramolecular Hbond substituents is 2. The first-order valence-electron chi connectivity index (χ1n) is 7.51. The fourth-order valence-corrected chi connectivity index (χ4v) is 2.73. The molecule has 0 aliphatic rings. The van der Waals surface area contributed by atoms with E-state index < -0.39 is 0 Å². The lowest BCUT2D eigenvalue weighted by Crippen LogP contribution is -2.06. The normalized spacial score (nSPS) is 11.0. The number of phenols is 2. The number of hydrogen-bond donors (Lipinski definition) is 6. The lowest BCUT2D eigenvalue weighted by Gasteiger charge is -2.14. The van der Waals surface area contributed by atoms with Gasteiger partial charge >= 0.3 is 0 Å². The molecule has 0 amide bonds. The van der Waals surface area contributed by atoms with Gasteiger partial charge in [0, 0.05) is 48.4 Å². The average molecular weight is 316 g/mol. The minimum atomic E-state index is 0.162. The molecule has 0 radical (unpaired) electrons. The molecule has 10 N–H and O–H groups in total. The molecule has 2 rings (SSSR count). The van der Waals surface area contributed by atoms with Crippen LogP contribution < -0.4 is 22.9 Å². The zero-order valence-electron chi connectivity index (χ0n) is 13.0. The van der Waals surface area contributed by atoms with Crippen molar-refractivity contribution in [3.8, 4) is 11.5 Å². The molecule has 0 atom stereocenters. The monoisotopic (exact) mass is 316 g/mol. The molecular formula is C17H24N4O2. The molecule has 0 unspecified atom stereocenters. The van der Waals surface area contributed by atoms with Crippen LogP contribution in [0.15, 0.2) is 24.3 Å². The zero-order chi connectivity index (χ0) is 17.0. The summed E-state index contributed by atoms with van der Waals surface area (Å²) in [7, 11) is 0. The molecule has 0 saturated heterocycles. The van der Waals surface area contributed by atoms with Gasteiger partial charge in [0.25, 0.3) is 0 Å². The Balaban J connectivity index is 2.43. The van der Waals surface area contributed by atoms with Crippen molar-refractivity contribution < 1.29 is 10.2 Å². The predicted octanol–water partition coefficient (Wildman–Crippen LogP) is 0.523. The Bertz CT molecular complexity index is 591. The maximum Gasteiger partial charge on any atom is 0.124 e. The van der Waals surface area contributed by atoms with Gasteiger partial charge in [0.15, 0.2) is 0 Å². The smallest absolute Gasteiger partial charge is 0.124 e. The molecule has 0 saturated carbocycles. The van der Waals surface area contributed by atoms with Crippen LogP contribution in [-0.4, -0.2) is 10.2 Å². The number of aromatic hydroxyl groups is 2. The van der Waals surface area contributed by atoms with Crippen LogP contribution in [0, 0.1) is 0 Å². The van der Waals surface area contributed by atoms with Gasteiger partial charge in [-0.2, -0.15) is 0 Å². The van der Waals surface area contributed by atoms with Gasteiger partial charge in [0.1, 0.15) is 11.5 Å². The summed E-state index contributed by atoms with van der Waals surface area (Å²) in [6.45, 7) is 0.962. The maximum atomic E-state index is 10.1. The van der Waals surface area contributed by atoms with Crippen LogP contribution in [0.5, 0.6) is 11.5 Å². The topological polar surface area (TPSA) is 145 Å². The standard InChI is InChI=1S/C17H24N4O2/c18-6-12-2-10(3-13(7-19)16(12)22)1-11-4-14(8-20)17(23)15(5-11)9-21/h2-5,22-23H,1,6-9,18-21H2. The highest BCUT2D eigenvalue weighted by molar-refractivity contribution is 5.48. The van der Waals surface area contributed by atoms with Gasteiger partial charge in [-0.25, -0.2) is 0 Å². The van der Waals surface area contributed by atoms with Crippen LogP contribution in [0.25, 0.3) is 0 Å². The van der Waals surface area contributed by atoms with Crippen molar-refractivity contribution >= 4 is 0 Å². The highest BCUT2D eigenvalue weighted by atomic mass is 16.3. The lowest BCUT2D eigenvalue weighted by atomic mass is 9.95. The zero-order valence-corrected chi connectivity index (χ0v) is 13.0. The average Bonchev–Trinajstić information content (AvgIpc) is 2.57. The number of hydrogen-bond acceptors (Lipinski definition) is 6. The first-order valence-corrected chi connectivity index (χ1v) is 7.51. The van der Waals surface area contributed by atoms with Crippen LogP contribution in [-0.2, 0) is 32.6 Å². The van der Waals surface area contributed by atoms with Crippen molar-refractivity contribution in [2.45, 2.75) is 32.6 Å². The molecule has 0 aliphatic heterocycles. The highest BCUT2D eigenvalue weighted by Crippen LogP contribution is 2.28. The van der Waals surface area contributed by atoms with Crippen molar-refractivity contribution in [2.75, 3.05) is 0 Å². The van der Waals surface area contributed by atoms with Gasteiger partial charge in [-0.1, -0.05) is 24.3 Å². The molecule has 0 spiro atoms. The van der Waals surface area contributed by atoms with E-state index >= 15 is 0 Å². The Labute approximate surface area is 135 Å². The molecule has 2 aromatic rings. The van der Waals surface area contributed by atoms with Crippen LogP contribution in [0.1, 0.15) is 33.4 Å². The fraction of sp³-hybridized carbons (Fsp3) is 0.294. The summed E-state index contributed by atoms with van der Waals surface area (Å²) in [5.41, 5.74) is 27.4. The minimum absolute atomic E-state index is 0.162. The summed E-state index contributed by atoms with van der Waals surface area (Å²) in [4.78, 5) is 0. The summed E-state index contributed by atoms with van der Waals surface area (Å²) in [6, 6.07) is 7.47. The first-order chi connectivity index (χ1) is 11.0. The first kappa shape index (κ1) is 17.2. The minimum Gasteiger partial charge on any atom is -0.507 e. The Morgan fingerprint density at radius 2 is 0.826 bits per heavy atom. The van der Waals surface area contributed by atoms with E-state index in [0.29, 0.717) is 28.7 Å². The van der Waals surface area contributed by atoms with Crippen molar-refractivity contribution in [2.24, 2.45) is 22.9 Å². The molecule has 23 heavy (non-hydrogen) atoms. The highest BCUT2D eigenvalue weighted by Gasteiger charge is 2.11. The van der Waals surface area contributed by atoms with Crippen LogP contribution in [0.4, 0.5) is 0 Å². The second kappa shape index (κ2) is 7.43. The Morgan fingerprint density at radius 3 is 1.04 bits per heavy atom. The van der Waals surface area contributed by atoms with Gasteiger partial charge in [0.05, 0.1) is 0 Å². The number of rotatable bonds is 6. The van der Waals surface area contributed by atoms with Gasteiger partial charge in [-0.3, -0.25) is 0 Å². The maximum absolute atomic E-state index is 10.1. The van der Waals surface area contributed by atoms with E-state index in [1.807, 2.05) is 24.3 Å². The Morgan fingerprint density at radius 1 is 0.565 bits per heavy atom. The van der Waals surface area contributed by atoms with Gasteiger partial charge in [0.2, 0.25) is 0 Å². The van der Waals surface area contributed by atoms with Crippen molar-refractivity contribution in [3.63, 3.8) is 0 Å². The fourth-order valence-electron chi connectivity index (χ4n) is 2.73. The van der Waals surface area contributed by atoms with Gasteiger partial charge < -0.3 is 33.1 Å². The molecule has 0 aromatic heterocycles. The summed E-state index contributed by atoms with van der Waals surface area (Å²) in [5, 5.41) is 20.1. The third-order valence-corrected chi connectivity index (χ3v) is 3.94. The summed E-state index contributed by atoms with van der Waals surface area (Å²) >= 11 is 0. The third-order valence-electron chi connectivity index (χ3n) is 3.94. The quantitative estimate of drug-likeness (QED) is 0.458. The lowest BCUT2D eigenvalue weighted by molar-refractivity contribution is 0.461. The van der Waals surface area contributed by atoms with Crippen molar-refractivity contribution in [3.05, 3.63) is 57.6 Å². The number of benzene rings is 2. The van der Waals surface area contributed by atoms with E-state index in [-0.39, 0.29) is 37.7 Å². The largest absolute Gasteiger partial charge is 0.507 e. The molecule has 0 fully saturated rings. The molecule has 0 bridgehead atoms. The molecule has 124 valence electrons. The Hall–Kier alpha value is -2.12. The molecule has 2 aromatic carbocycles. The number of nitrogens with two attached hydrogens (primary N) is 4. The second-order valence-corrected chi connectivity index (χ2v) is 5.52. The van der Waals surface area contributed by atoms with E-state index in [2.05, 4.69) is 0 Å². The predicted molar refractivity (Wildman–Crippen MR) is 90.6 cm³/mol. The van der Waals surface area contributed by atoms with E-state index in [1.54, 1.807) is 0 Å². The van der Waals surface area contributed by atoms with E-state index in [9.17, 15) is 10.2 Å².